The van der Waals surface area contributed by atoms with Crippen molar-refractivity contribution in [2.75, 3.05) is 12.8 Å². The molecule has 0 amide bonds. The van der Waals surface area contributed by atoms with Crippen molar-refractivity contribution in [3.8, 4) is 5.75 Å². The third-order valence-corrected chi connectivity index (χ3v) is 3.50. The van der Waals surface area contributed by atoms with E-state index < -0.39 is 0 Å². The van der Waals surface area contributed by atoms with Gasteiger partial charge in [0.05, 0.1) is 7.11 Å². The number of nitrogens with two attached hydrogens (primary N) is 1. The normalized spacial score (nSPS) is 10.3. The summed E-state index contributed by atoms with van der Waals surface area (Å²) in [5, 5.41) is 0.770. The highest BCUT2D eigenvalue weighted by Crippen LogP contribution is 2.32. The van der Waals surface area contributed by atoms with Gasteiger partial charge in [-0.05, 0) is 12.5 Å². The minimum atomic E-state index is 0.374. The van der Waals surface area contributed by atoms with Crippen LogP contribution < -0.4 is 10.5 Å². The predicted octanol–water partition coefficient (Wildman–Crippen LogP) is 2.67. The summed E-state index contributed by atoms with van der Waals surface area (Å²) in [7, 11) is 1.58. The first-order valence-corrected chi connectivity index (χ1v) is 6.52. The van der Waals surface area contributed by atoms with E-state index in [1.807, 2.05) is 0 Å². The number of aromatic nitrogens is 2. The molecule has 5 heteroatoms. The second-order valence-corrected chi connectivity index (χ2v) is 4.84. The summed E-state index contributed by atoms with van der Waals surface area (Å²) in [5.74, 6) is 1.75. The molecule has 94 valence electrons. The lowest BCUT2D eigenvalue weighted by Crippen LogP contribution is -1.99. The zero-order valence-electron chi connectivity index (χ0n) is 10.4. The molecule has 0 saturated carbocycles. The molecule has 0 radical (unpaired) electrons. The number of benzene rings is 1. The Balaban J connectivity index is 2.13. The molecule has 0 aliphatic carbocycles. The van der Waals surface area contributed by atoms with E-state index in [0.29, 0.717) is 11.6 Å². The molecule has 0 unspecified atom stereocenters. The summed E-state index contributed by atoms with van der Waals surface area (Å²) in [5.41, 5.74) is 8.24. The first-order chi connectivity index (χ1) is 8.70. The number of aryl methyl sites for hydroxylation is 1. The molecule has 2 N–H and O–H groups in total. The molecule has 2 rings (SSSR count). The van der Waals surface area contributed by atoms with Crippen molar-refractivity contribution in [3.05, 3.63) is 41.7 Å². The lowest BCUT2D eigenvalue weighted by atomic mass is 10.2. The smallest absolute Gasteiger partial charge is 0.193 e. The van der Waals surface area contributed by atoms with E-state index >= 15 is 0 Å². The first kappa shape index (κ1) is 12.7. The van der Waals surface area contributed by atoms with Gasteiger partial charge >= 0.3 is 0 Å². The quantitative estimate of drug-likeness (QED) is 0.677. The van der Waals surface area contributed by atoms with Gasteiger partial charge in [-0.1, -0.05) is 41.6 Å². The Kier molecular flexibility index (Phi) is 4.04. The molecule has 2 aromatic rings. The number of rotatable bonds is 4. The van der Waals surface area contributed by atoms with Gasteiger partial charge in [0.25, 0.3) is 0 Å². The number of hydrogen-bond acceptors (Lipinski definition) is 5. The minimum Gasteiger partial charge on any atom is -0.490 e. The van der Waals surface area contributed by atoms with Crippen LogP contribution in [0.5, 0.6) is 5.75 Å². The van der Waals surface area contributed by atoms with Gasteiger partial charge < -0.3 is 10.5 Å². The van der Waals surface area contributed by atoms with Gasteiger partial charge in [0, 0.05) is 5.75 Å². The first-order valence-electron chi connectivity index (χ1n) is 5.53. The van der Waals surface area contributed by atoms with Crippen LogP contribution in [-0.4, -0.2) is 17.1 Å². The summed E-state index contributed by atoms with van der Waals surface area (Å²) in [6.07, 6.45) is 1.45. The van der Waals surface area contributed by atoms with Crippen LogP contribution in [0.3, 0.4) is 0 Å². The van der Waals surface area contributed by atoms with Crippen molar-refractivity contribution in [2.24, 2.45) is 0 Å². The summed E-state index contributed by atoms with van der Waals surface area (Å²) in [4.78, 5) is 8.10. The third-order valence-electron chi connectivity index (χ3n) is 2.46. The van der Waals surface area contributed by atoms with Gasteiger partial charge in [-0.3, -0.25) is 0 Å². The van der Waals surface area contributed by atoms with Crippen molar-refractivity contribution in [2.45, 2.75) is 17.7 Å². The number of hydrogen-bond donors (Lipinski definition) is 1. The maximum Gasteiger partial charge on any atom is 0.193 e. The fourth-order valence-electron chi connectivity index (χ4n) is 1.62. The molecule has 0 saturated heterocycles. The molecule has 0 spiro atoms. The van der Waals surface area contributed by atoms with Crippen molar-refractivity contribution >= 4 is 17.6 Å². The fourth-order valence-corrected chi connectivity index (χ4v) is 2.54. The van der Waals surface area contributed by atoms with E-state index in [2.05, 4.69) is 41.2 Å². The molecule has 0 fully saturated rings. The summed E-state index contributed by atoms with van der Waals surface area (Å²) in [6.45, 7) is 2.08. The highest BCUT2D eigenvalue weighted by atomic mass is 32.2. The van der Waals surface area contributed by atoms with Gasteiger partial charge in [0.15, 0.2) is 11.6 Å². The maximum atomic E-state index is 5.74. The zero-order valence-corrected chi connectivity index (χ0v) is 11.2. The van der Waals surface area contributed by atoms with Crippen LogP contribution in [0.2, 0.25) is 0 Å². The second kappa shape index (κ2) is 5.73. The average molecular weight is 261 g/mol. The largest absolute Gasteiger partial charge is 0.490 e. The summed E-state index contributed by atoms with van der Waals surface area (Å²) < 4.78 is 5.22. The van der Waals surface area contributed by atoms with Crippen LogP contribution in [-0.2, 0) is 5.75 Å². The highest BCUT2D eigenvalue weighted by Gasteiger charge is 2.10. The molecule has 1 aromatic carbocycles. The molecule has 0 aliphatic rings. The van der Waals surface area contributed by atoms with Crippen LogP contribution >= 0.6 is 11.8 Å². The van der Waals surface area contributed by atoms with Gasteiger partial charge in [0.1, 0.15) is 11.4 Å². The molecule has 4 nitrogen and oxygen atoms in total. The van der Waals surface area contributed by atoms with E-state index in [-0.39, 0.29) is 0 Å². The zero-order chi connectivity index (χ0) is 13.0. The molecule has 0 aliphatic heterocycles. The van der Waals surface area contributed by atoms with E-state index in [0.717, 1.165) is 10.8 Å². The minimum absolute atomic E-state index is 0.374. The number of ether oxygens (including phenoxy) is 1. The lowest BCUT2D eigenvalue weighted by molar-refractivity contribution is 0.401. The average Bonchev–Trinajstić information content (AvgIpc) is 2.36. The van der Waals surface area contributed by atoms with Gasteiger partial charge in [-0.15, -0.1) is 0 Å². The summed E-state index contributed by atoms with van der Waals surface area (Å²) >= 11 is 1.59. The fraction of sp³-hybridized carbons (Fsp3) is 0.231. The molecule has 18 heavy (non-hydrogen) atoms. The third kappa shape index (κ3) is 2.92. The Morgan fingerprint density at radius 1 is 1.33 bits per heavy atom. The van der Waals surface area contributed by atoms with Crippen molar-refractivity contribution in [1.29, 1.82) is 0 Å². The Labute approximate surface area is 111 Å². The number of nitrogen functional groups attached to an aromatic ring is 1. The standard InChI is InChI=1S/C13H15N3OS/c1-9-4-3-5-10(6-9)7-18-13-11(17-2)12(14)15-8-16-13/h3-6,8H,7H2,1-2H3,(H2,14,15,16). The van der Waals surface area contributed by atoms with Gasteiger partial charge in [0.2, 0.25) is 0 Å². The Hall–Kier alpha value is -1.75. The van der Waals surface area contributed by atoms with E-state index in [9.17, 15) is 0 Å². The monoisotopic (exact) mass is 261 g/mol. The topological polar surface area (TPSA) is 61.0 Å². The van der Waals surface area contributed by atoms with Crippen LogP contribution in [0, 0.1) is 6.92 Å². The Morgan fingerprint density at radius 3 is 2.89 bits per heavy atom. The van der Waals surface area contributed by atoms with Gasteiger partial charge in [-0.2, -0.15) is 0 Å². The van der Waals surface area contributed by atoms with Crippen LogP contribution in [0.15, 0.2) is 35.6 Å². The molecule has 0 atom stereocenters. The molecular weight excluding hydrogens is 246 g/mol. The lowest BCUT2D eigenvalue weighted by Gasteiger charge is -2.08. The van der Waals surface area contributed by atoms with E-state index in [1.165, 1.54) is 17.5 Å². The van der Waals surface area contributed by atoms with Gasteiger partial charge in [-0.25, -0.2) is 9.97 Å². The number of anilines is 1. The number of methoxy groups -OCH3 is 1. The van der Waals surface area contributed by atoms with Crippen molar-refractivity contribution < 1.29 is 4.74 Å². The van der Waals surface area contributed by atoms with Crippen molar-refractivity contribution in [1.82, 2.24) is 9.97 Å². The molecular formula is C13H15N3OS. The predicted molar refractivity (Wildman–Crippen MR) is 73.7 cm³/mol. The summed E-state index contributed by atoms with van der Waals surface area (Å²) in [6, 6.07) is 8.38. The van der Waals surface area contributed by atoms with Crippen molar-refractivity contribution in [3.63, 3.8) is 0 Å². The second-order valence-electron chi connectivity index (χ2n) is 3.88. The van der Waals surface area contributed by atoms with Crippen LogP contribution in [0.25, 0.3) is 0 Å². The highest BCUT2D eigenvalue weighted by molar-refractivity contribution is 7.98. The molecule has 1 aromatic heterocycles. The molecule has 0 bridgehead atoms. The van der Waals surface area contributed by atoms with E-state index in [1.54, 1.807) is 18.9 Å². The number of thioether (sulfide) groups is 1. The van der Waals surface area contributed by atoms with Crippen LogP contribution in [0.1, 0.15) is 11.1 Å². The maximum absolute atomic E-state index is 5.74. The number of nitrogens with zero attached hydrogens (tertiary/aromatic N) is 2. The SMILES string of the molecule is COc1c(N)ncnc1SCc1cccc(C)c1. The van der Waals surface area contributed by atoms with Crippen LogP contribution in [0.4, 0.5) is 5.82 Å². The molecule has 1 heterocycles. The Bertz CT molecular complexity index is 546. The Morgan fingerprint density at radius 2 is 2.17 bits per heavy atom. The van der Waals surface area contributed by atoms with E-state index in [4.69, 9.17) is 10.5 Å².